The normalized spacial score (nSPS) is 18.2. The van der Waals surface area contributed by atoms with Gasteiger partial charge in [-0.15, -0.1) is 0 Å². The van der Waals surface area contributed by atoms with Gasteiger partial charge in [0, 0.05) is 0 Å². The third-order valence-corrected chi connectivity index (χ3v) is 2.95. The zero-order valence-electron chi connectivity index (χ0n) is 8.26. The third kappa shape index (κ3) is 2.58. The van der Waals surface area contributed by atoms with Crippen molar-refractivity contribution in [2.45, 2.75) is 44.9 Å². The van der Waals surface area contributed by atoms with E-state index in [1.54, 1.807) is 0 Å². The van der Waals surface area contributed by atoms with Crippen LogP contribution in [0.4, 0.5) is 0 Å². The molecule has 1 aromatic rings. The molecule has 70 valence electrons. The number of rotatable bonds is 0. The standard InChI is InChI=1S/C13H18/c1-2-4-6-12-8-10-13(11-9-12)7-5-3-1/h8-11H,1-7H2. The van der Waals surface area contributed by atoms with E-state index in [1.165, 1.54) is 56.1 Å². The molecule has 2 aliphatic carbocycles. The van der Waals surface area contributed by atoms with Gasteiger partial charge in [-0.05, 0) is 36.8 Å². The Morgan fingerprint density at radius 2 is 0.923 bits per heavy atom. The van der Waals surface area contributed by atoms with Gasteiger partial charge in [-0.1, -0.05) is 43.5 Å². The van der Waals surface area contributed by atoms with E-state index in [1.807, 2.05) is 0 Å². The van der Waals surface area contributed by atoms with Gasteiger partial charge in [0.15, 0.2) is 0 Å². The van der Waals surface area contributed by atoms with E-state index in [0.717, 1.165) is 0 Å². The summed E-state index contributed by atoms with van der Waals surface area (Å²) in [5.74, 6) is 0. The van der Waals surface area contributed by atoms with Crippen molar-refractivity contribution in [2.75, 3.05) is 0 Å². The summed E-state index contributed by atoms with van der Waals surface area (Å²) >= 11 is 0. The minimum Gasteiger partial charge on any atom is -0.0588 e. The molecule has 0 radical (unpaired) electrons. The van der Waals surface area contributed by atoms with Gasteiger partial charge in [-0.25, -0.2) is 0 Å². The van der Waals surface area contributed by atoms with Crippen LogP contribution in [-0.4, -0.2) is 0 Å². The number of fused-ring (bicyclic) bond motifs is 8. The lowest BCUT2D eigenvalue weighted by molar-refractivity contribution is 0.617. The number of hydrogen-bond donors (Lipinski definition) is 0. The van der Waals surface area contributed by atoms with Gasteiger partial charge in [0.05, 0.1) is 0 Å². The van der Waals surface area contributed by atoms with Crippen molar-refractivity contribution >= 4 is 0 Å². The third-order valence-electron chi connectivity index (χ3n) is 2.95. The molecule has 1 aromatic carbocycles. The minimum absolute atomic E-state index is 1.28. The molecule has 0 aromatic heterocycles. The summed E-state index contributed by atoms with van der Waals surface area (Å²) in [7, 11) is 0. The molecule has 0 fully saturated rings. The van der Waals surface area contributed by atoms with Gasteiger partial charge in [-0.2, -0.15) is 0 Å². The van der Waals surface area contributed by atoms with Crippen molar-refractivity contribution in [1.29, 1.82) is 0 Å². The molecule has 3 rings (SSSR count). The minimum atomic E-state index is 1.28. The largest absolute Gasteiger partial charge is 0.0588 e. The van der Waals surface area contributed by atoms with Gasteiger partial charge in [0.2, 0.25) is 0 Å². The summed E-state index contributed by atoms with van der Waals surface area (Å²) in [5, 5.41) is 0. The first kappa shape index (κ1) is 8.80. The predicted molar refractivity (Wildman–Crippen MR) is 56.9 cm³/mol. The molecule has 0 saturated carbocycles. The van der Waals surface area contributed by atoms with E-state index >= 15 is 0 Å². The summed E-state index contributed by atoms with van der Waals surface area (Å²) in [4.78, 5) is 0. The van der Waals surface area contributed by atoms with E-state index in [-0.39, 0.29) is 0 Å². The highest BCUT2D eigenvalue weighted by atomic mass is 14.0. The molecule has 0 atom stereocenters. The predicted octanol–water partition coefficient (Wildman–Crippen LogP) is 3.74. The van der Waals surface area contributed by atoms with Crippen LogP contribution in [0.15, 0.2) is 24.3 Å². The molecular weight excluding hydrogens is 156 g/mol. The van der Waals surface area contributed by atoms with E-state index in [4.69, 9.17) is 0 Å². The van der Waals surface area contributed by atoms with Gasteiger partial charge >= 0.3 is 0 Å². The van der Waals surface area contributed by atoms with Gasteiger partial charge in [-0.3, -0.25) is 0 Å². The van der Waals surface area contributed by atoms with E-state index in [0.29, 0.717) is 0 Å². The summed E-state index contributed by atoms with van der Waals surface area (Å²) in [5.41, 5.74) is 3.04. The van der Waals surface area contributed by atoms with Crippen LogP contribution in [-0.2, 0) is 12.8 Å². The maximum absolute atomic E-state index is 2.31. The second kappa shape index (κ2) is 4.45. The second-order valence-electron chi connectivity index (χ2n) is 4.08. The molecule has 2 bridgehead atoms. The van der Waals surface area contributed by atoms with Crippen LogP contribution in [0.3, 0.4) is 0 Å². The first-order valence-electron chi connectivity index (χ1n) is 5.53. The Hall–Kier alpha value is -0.780. The average molecular weight is 174 g/mol. The molecule has 0 amide bonds. The summed E-state index contributed by atoms with van der Waals surface area (Å²) in [6, 6.07) is 9.22. The Bertz CT molecular complexity index is 218. The number of benzene rings is 1. The van der Waals surface area contributed by atoms with Gasteiger partial charge in [0.25, 0.3) is 0 Å². The van der Waals surface area contributed by atoms with Crippen LogP contribution in [0.1, 0.15) is 43.2 Å². The van der Waals surface area contributed by atoms with Crippen LogP contribution < -0.4 is 0 Å². The summed E-state index contributed by atoms with van der Waals surface area (Å²) in [6.07, 6.45) is 9.57. The Labute approximate surface area is 81.0 Å². The Morgan fingerprint density at radius 1 is 0.538 bits per heavy atom. The lowest BCUT2D eigenvalue weighted by Crippen LogP contribution is -1.85. The van der Waals surface area contributed by atoms with Crippen LogP contribution in [0.25, 0.3) is 0 Å². The van der Waals surface area contributed by atoms with Crippen molar-refractivity contribution < 1.29 is 0 Å². The van der Waals surface area contributed by atoms with Crippen LogP contribution >= 0.6 is 0 Å². The SMILES string of the molecule is c1cc2ccc1CCCCCCC2. The fraction of sp³-hybridized carbons (Fsp3) is 0.538. The maximum atomic E-state index is 2.31. The average Bonchev–Trinajstić information content (AvgIpc) is 2.25. The molecule has 0 spiro atoms. The highest BCUT2D eigenvalue weighted by Crippen LogP contribution is 2.15. The molecule has 0 saturated heterocycles. The molecule has 0 nitrogen and oxygen atoms in total. The van der Waals surface area contributed by atoms with E-state index in [2.05, 4.69) is 24.3 Å². The lowest BCUT2D eigenvalue weighted by Gasteiger charge is -2.00. The van der Waals surface area contributed by atoms with Crippen molar-refractivity contribution in [3.8, 4) is 0 Å². The van der Waals surface area contributed by atoms with Crippen molar-refractivity contribution in [3.63, 3.8) is 0 Å². The molecule has 0 N–H and O–H groups in total. The summed E-state index contributed by atoms with van der Waals surface area (Å²) < 4.78 is 0. The molecule has 0 heteroatoms. The molecular formula is C13H18. The van der Waals surface area contributed by atoms with Crippen molar-refractivity contribution in [1.82, 2.24) is 0 Å². The highest BCUT2D eigenvalue weighted by molar-refractivity contribution is 5.22. The molecule has 13 heavy (non-hydrogen) atoms. The Balaban J connectivity index is 2.10. The number of aryl methyl sites for hydroxylation is 2. The van der Waals surface area contributed by atoms with Gasteiger partial charge in [0.1, 0.15) is 0 Å². The fourth-order valence-corrected chi connectivity index (χ4v) is 2.06. The first-order chi connectivity index (χ1) is 6.45. The van der Waals surface area contributed by atoms with E-state index in [9.17, 15) is 0 Å². The van der Waals surface area contributed by atoms with Crippen LogP contribution in [0.2, 0.25) is 0 Å². The maximum Gasteiger partial charge on any atom is -0.0279 e. The van der Waals surface area contributed by atoms with Crippen LogP contribution in [0, 0.1) is 0 Å². The second-order valence-corrected chi connectivity index (χ2v) is 4.08. The van der Waals surface area contributed by atoms with Crippen molar-refractivity contribution in [3.05, 3.63) is 35.4 Å². The smallest absolute Gasteiger partial charge is 0.0279 e. The Kier molecular flexibility index (Phi) is 3.02. The van der Waals surface area contributed by atoms with Crippen molar-refractivity contribution in [2.24, 2.45) is 0 Å². The molecule has 0 aliphatic heterocycles. The monoisotopic (exact) mass is 174 g/mol. The molecule has 2 aliphatic rings. The quantitative estimate of drug-likeness (QED) is 0.562. The zero-order chi connectivity index (χ0) is 8.93. The fourth-order valence-electron chi connectivity index (χ4n) is 2.06. The molecule has 0 unspecified atom stereocenters. The first-order valence-corrected chi connectivity index (χ1v) is 5.53. The number of hydrogen-bond acceptors (Lipinski definition) is 0. The van der Waals surface area contributed by atoms with E-state index < -0.39 is 0 Å². The summed E-state index contributed by atoms with van der Waals surface area (Å²) in [6.45, 7) is 0. The topological polar surface area (TPSA) is 0 Å². The highest BCUT2D eigenvalue weighted by Gasteiger charge is 1.99. The molecule has 0 heterocycles. The zero-order valence-corrected chi connectivity index (χ0v) is 8.26. The van der Waals surface area contributed by atoms with Crippen LogP contribution in [0.5, 0.6) is 0 Å². The lowest BCUT2D eigenvalue weighted by atomic mass is 10.1. The van der Waals surface area contributed by atoms with Gasteiger partial charge < -0.3 is 0 Å². The Morgan fingerprint density at radius 3 is 1.38 bits per heavy atom.